The molecule has 0 fully saturated rings. The van der Waals surface area contributed by atoms with Crippen LogP contribution >= 0.6 is 11.6 Å². The van der Waals surface area contributed by atoms with E-state index in [0.717, 1.165) is 5.56 Å². The fourth-order valence-corrected chi connectivity index (χ4v) is 2.07. The van der Waals surface area contributed by atoms with Crippen LogP contribution in [0.3, 0.4) is 0 Å². The molecule has 0 bridgehead atoms. The Labute approximate surface area is 141 Å². The van der Waals surface area contributed by atoms with Crippen LogP contribution in [0, 0.1) is 5.82 Å². The number of urea groups is 1. The molecule has 0 aliphatic heterocycles. The van der Waals surface area contributed by atoms with Gasteiger partial charge in [-0.3, -0.25) is 5.32 Å². The van der Waals surface area contributed by atoms with Gasteiger partial charge in [-0.25, -0.2) is 9.18 Å². The van der Waals surface area contributed by atoms with Gasteiger partial charge in [0.1, 0.15) is 5.82 Å². The Morgan fingerprint density at radius 1 is 1.04 bits per heavy atom. The molecule has 0 atom stereocenters. The molecule has 1 aromatic heterocycles. The van der Waals surface area contributed by atoms with Crippen LogP contribution in [0.2, 0.25) is 5.02 Å². The third-order valence-electron chi connectivity index (χ3n) is 3.06. The van der Waals surface area contributed by atoms with Crippen molar-refractivity contribution in [1.82, 2.24) is 10.2 Å². The van der Waals surface area contributed by atoms with Gasteiger partial charge in [-0.05, 0) is 42.0 Å². The van der Waals surface area contributed by atoms with Crippen molar-refractivity contribution in [2.24, 2.45) is 0 Å². The second kappa shape index (κ2) is 7.10. The van der Waals surface area contributed by atoms with E-state index in [1.165, 1.54) is 12.1 Å². The summed E-state index contributed by atoms with van der Waals surface area (Å²) in [5.41, 5.74) is 1.39. The Kier molecular flexibility index (Phi) is 4.72. The van der Waals surface area contributed by atoms with Gasteiger partial charge in [0.25, 0.3) is 0 Å². The molecule has 0 aliphatic rings. The number of halogens is 2. The summed E-state index contributed by atoms with van der Waals surface area (Å²) in [7, 11) is 0. The molecule has 122 valence electrons. The second-order valence-corrected chi connectivity index (χ2v) is 5.33. The standard InChI is InChI=1S/C16H12ClFN4O2/c17-11-3-7-13(8-4-11)19-15(23)20-16-22-21-14(24-16)9-10-1-5-12(18)6-2-10/h1-8H,9H2,(H2,19,20,22,23). The van der Waals surface area contributed by atoms with Crippen LogP contribution < -0.4 is 10.6 Å². The molecular weight excluding hydrogens is 335 g/mol. The number of amides is 2. The zero-order valence-corrected chi connectivity index (χ0v) is 13.0. The summed E-state index contributed by atoms with van der Waals surface area (Å²) in [6.45, 7) is 0. The molecule has 0 aliphatic carbocycles. The summed E-state index contributed by atoms with van der Waals surface area (Å²) in [5.74, 6) is -0.00564. The molecule has 24 heavy (non-hydrogen) atoms. The summed E-state index contributed by atoms with van der Waals surface area (Å²) in [4.78, 5) is 11.8. The van der Waals surface area contributed by atoms with Crippen LogP contribution in [-0.4, -0.2) is 16.2 Å². The van der Waals surface area contributed by atoms with Crippen molar-refractivity contribution in [2.45, 2.75) is 6.42 Å². The third-order valence-corrected chi connectivity index (χ3v) is 3.31. The predicted octanol–water partition coefficient (Wildman–Crippen LogP) is 4.10. The summed E-state index contributed by atoms with van der Waals surface area (Å²) < 4.78 is 18.2. The average molecular weight is 347 g/mol. The Bertz CT molecular complexity index is 834. The molecule has 3 rings (SSSR count). The first-order valence-electron chi connectivity index (χ1n) is 6.99. The van der Waals surface area contributed by atoms with Gasteiger partial charge in [-0.1, -0.05) is 28.8 Å². The first-order chi connectivity index (χ1) is 11.6. The highest BCUT2D eigenvalue weighted by Crippen LogP contribution is 2.15. The summed E-state index contributed by atoms with van der Waals surface area (Å²) in [6.07, 6.45) is 0.341. The van der Waals surface area contributed by atoms with Gasteiger partial charge >= 0.3 is 12.0 Å². The smallest absolute Gasteiger partial charge is 0.327 e. The number of aromatic nitrogens is 2. The van der Waals surface area contributed by atoms with Gasteiger partial charge < -0.3 is 9.73 Å². The van der Waals surface area contributed by atoms with Gasteiger partial charge in [0.15, 0.2) is 0 Å². The third kappa shape index (κ3) is 4.30. The van der Waals surface area contributed by atoms with E-state index >= 15 is 0 Å². The van der Waals surface area contributed by atoms with Crippen molar-refractivity contribution >= 4 is 29.3 Å². The van der Waals surface area contributed by atoms with Crippen molar-refractivity contribution in [3.05, 3.63) is 70.8 Å². The number of rotatable bonds is 4. The highest BCUT2D eigenvalue weighted by Gasteiger charge is 2.10. The van der Waals surface area contributed by atoms with Gasteiger partial charge in [-0.15, -0.1) is 5.10 Å². The van der Waals surface area contributed by atoms with Crippen LogP contribution in [0.15, 0.2) is 52.9 Å². The molecule has 6 nitrogen and oxygen atoms in total. The Morgan fingerprint density at radius 3 is 2.46 bits per heavy atom. The minimum atomic E-state index is -0.519. The van der Waals surface area contributed by atoms with E-state index in [1.807, 2.05) is 0 Å². The van der Waals surface area contributed by atoms with Gasteiger partial charge in [-0.2, -0.15) is 0 Å². The lowest BCUT2D eigenvalue weighted by Gasteiger charge is -2.04. The zero-order valence-electron chi connectivity index (χ0n) is 12.3. The number of anilines is 2. The molecule has 0 radical (unpaired) electrons. The van der Waals surface area contributed by atoms with Gasteiger partial charge in [0.05, 0.1) is 6.42 Å². The maximum Gasteiger partial charge on any atom is 0.327 e. The van der Waals surface area contributed by atoms with E-state index in [4.69, 9.17) is 16.0 Å². The number of carbonyl (C=O) groups excluding carboxylic acids is 1. The van der Waals surface area contributed by atoms with E-state index in [0.29, 0.717) is 23.0 Å². The maximum absolute atomic E-state index is 12.9. The molecule has 0 spiro atoms. The molecular formula is C16H12ClFN4O2. The minimum absolute atomic E-state index is 0.0291. The van der Waals surface area contributed by atoms with Gasteiger partial charge in [0.2, 0.25) is 5.89 Å². The first-order valence-corrected chi connectivity index (χ1v) is 7.37. The van der Waals surface area contributed by atoms with E-state index in [2.05, 4.69) is 20.8 Å². The van der Waals surface area contributed by atoms with Crippen LogP contribution in [-0.2, 0) is 6.42 Å². The zero-order chi connectivity index (χ0) is 16.9. The topological polar surface area (TPSA) is 80.0 Å². The Balaban J connectivity index is 1.58. The highest BCUT2D eigenvalue weighted by atomic mass is 35.5. The predicted molar refractivity (Wildman–Crippen MR) is 87.6 cm³/mol. The molecule has 2 aromatic carbocycles. The van der Waals surface area contributed by atoms with Crippen LogP contribution in [0.4, 0.5) is 20.9 Å². The Hall–Kier alpha value is -2.93. The second-order valence-electron chi connectivity index (χ2n) is 4.89. The highest BCUT2D eigenvalue weighted by molar-refractivity contribution is 6.30. The summed E-state index contributed by atoms with van der Waals surface area (Å²) >= 11 is 5.77. The summed E-state index contributed by atoms with van der Waals surface area (Å²) in [5, 5.41) is 13.2. The van der Waals surface area contributed by atoms with Crippen molar-refractivity contribution in [2.75, 3.05) is 10.6 Å². The fraction of sp³-hybridized carbons (Fsp3) is 0.0625. The molecule has 2 N–H and O–H groups in total. The molecule has 1 heterocycles. The molecule has 8 heteroatoms. The molecule has 2 amide bonds. The lowest BCUT2D eigenvalue weighted by molar-refractivity contribution is 0.261. The number of benzene rings is 2. The SMILES string of the molecule is O=C(Nc1ccc(Cl)cc1)Nc1nnc(Cc2ccc(F)cc2)o1. The van der Waals surface area contributed by atoms with Crippen LogP contribution in [0.5, 0.6) is 0 Å². The molecule has 0 saturated carbocycles. The first kappa shape index (κ1) is 15.9. The van der Waals surface area contributed by atoms with E-state index in [1.54, 1.807) is 36.4 Å². The van der Waals surface area contributed by atoms with Crippen molar-refractivity contribution < 1.29 is 13.6 Å². The van der Waals surface area contributed by atoms with E-state index in [-0.39, 0.29) is 11.8 Å². The number of nitrogens with one attached hydrogen (secondary N) is 2. The fourth-order valence-electron chi connectivity index (χ4n) is 1.95. The average Bonchev–Trinajstić information content (AvgIpc) is 2.99. The minimum Gasteiger partial charge on any atom is -0.407 e. The van der Waals surface area contributed by atoms with Crippen LogP contribution in [0.1, 0.15) is 11.5 Å². The lowest BCUT2D eigenvalue weighted by Crippen LogP contribution is -2.19. The number of nitrogens with zero attached hydrogens (tertiary/aromatic N) is 2. The normalized spacial score (nSPS) is 10.4. The monoisotopic (exact) mass is 346 g/mol. The number of carbonyl (C=O) groups is 1. The van der Waals surface area contributed by atoms with Crippen LogP contribution in [0.25, 0.3) is 0 Å². The lowest BCUT2D eigenvalue weighted by atomic mass is 10.1. The van der Waals surface area contributed by atoms with Gasteiger partial charge in [0, 0.05) is 10.7 Å². The maximum atomic E-state index is 12.9. The van der Waals surface area contributed by atoms with E-state index in [9.17, 15) is 9.18 Å². The van der Waals surface area contributed by atoms with Crippen molar-refractivity contribution in [3.63, 3.8) is 0 Å². The number of hydrogen-bond donors (Lipinski definition) is 2. The Morgan fingerprint density at radius 2 is 1.75 bits per heavy atom. The summed E-state index contributed by atoms with van der Waals surface area (Å²) in [6, 6.07) is 12.0. The number of hydrogen-bond acceptors (Lipinski definition) is 4. The largest absolute Gasteiger partial charge is 0.407 e. The van der Waals surface area contributed by atoms with Crippen molar-refractivity contribution in [1.29, 1.82) is 0 Å². The van der Waals surface area contributed by atoms with E-state index < -0.39 is 6.03 Å². The molecule has 0 unspecified atom stereocenters. The van der Waals surface area contributed by atoms with Crippen molar-refractivity contribution in [3.8, 4) is 0 Å². The quantitative estimate of drug-likeness (QED) is 0.745. The molecule has 3 aromatic rings. The molecule has 0 saturated heterocycles.